The second-order valence-electron chi connectivity index (χ2n) is 5.93. The van der Waals surface area contributed by atoms with Gasteiger partial charge in [0.25, 0.3) is 5.91 Å². The van der Waals surface area contributed by atoms with E-state index in [1.54, 1.807) is 11.9 Å². The first-order chi connectivity index (χ1) is 9.91. The molecule has 21 heavy (non-hydrogen) atoms. The fraction of sp³-hybridized carbons (Fsp3) is 0.562. The van der Waals surface area contributed by atoms with E-state index >= 15 is 0 Å². The molecule has 1 amide bonds. The third kappa shape index (κ3) is 3.40. The predicted octanol–water partition coefficient (Wildman–Crippen LogP) is 2.91. The molecule has 0 aromatic heterocycles. The van der Waals surface area contributed by atoms with Gasteiger partial charge in [-0.3, -0.25) is 4.79 Å². The summed E-state index contributed by atoms with van der Waals surface area (Å²) in [5, 5.41) is 0. The quantitative estimate of drug-likeness (QED) is 0.856. The number of likely N-dealkylation sites (N-methyl/N-ethyl adjacent to an activating group) is 2. The van der Waals surface area contributed by atoms with Gasteiger partial charge in [0, 0.05) is 24.7 Å². The fourth-order valence-electron chi connectivity index (χ4n) is 3.13. The number of rotatable bonds is 3. The van der Waals surface area contributed by atoms with Crippen molar-refractivity contribution in [2.75, 3.05) is 21.1 Å². The SMILES string of the molecule is CN(C)C1CCCCC1N(C)C(=O)c1ccc(F)c(F)c1. The minimum Gasteiger partial charge on any atom is -0.337 e. The Morgan fingerprint density at radius 2 is 1.67 bits per heavy atom. The number of carbonyl (C=O) groups excluding carboxylic acids is 1. The van der Waals surface area contributed by atoms with Gasteiger partial charge >= 0.3 is 0 Å². The van der Waals surface area contributed by atoms with E-state index in [1.165, 1.54) is 6.07 Å². The summed E-state index contributed by atoms with van der Waals surface area (Å²) >= 11 is 0. The van der Waals surface area contributed by atoms with Crippen LogP contribution >= 0.6 is 0 Å². The monoisotopic (exact) mass is 296 g/mol. The maximum atomic E-state index is 13.3. The average molecular weight is 296 g/mol. The first-order valence-electron chi connectivity index (χ1n) is 7.30. The first-order valence-corrected chi connectivity index (χ1v) is 7.30. The Kier molecular flexibility index (Phi) is 4.93. The van der Waals surface area contributed by atoms with E-state index in [-0.39, 0.29) is 17.5 Å². The molecule has 2 rings (SSSR count). The van der Waals surface area contributed by atoms with Crippen LogP contribution in [0.1, 0.15) is 36.0 Å². The summed E-state index contributed by atoms with van der Waals surface area (Å²) in [6.45, 7) is 0. The van der Waals surface area contributed by atoms with Crippen LogP contribution in [-0.4, -0.2) is 48.9 Å². The minimum atomic E-state index is -0.984. The molecule has 2 atom stereocenters. The van der Waals surface area contributed by atoms with Crippen molar-refractivity contribution >= 4 is 5.91 Å². The lowest BCUT2D eigenvalue weighted by molar-refractivity contribution is 0.0544. The van der Waals surface area contributed by atoms with E-state index in [4.69, 9.17) is 0 Å². The number of halogens is 2. The number of hydrogen-bond donors (Lipinski definition) is 0. The Balaban J connectivity index is 2.18. The van der Waals surface area contributed by atoms with Gasteiger partial charge in [-0.2, -0.15) is 0 Å². The first kappa shape index (κ1) is 15.9. The molecule has 116 valence electrons. The van der Waals surface area contributed by atoms with Gasteiger partial charge in [0.15, 0.2) is 11.6 Å². The average Bonchev–Trinajstić information content (AvgIpc) is 2.48. The number of amides is 1. The van der Waals surface area contributed by atoms with E-state index in [2.05, 4.69) is 4.90 Å². The molecule has 1 fully saturated rings. The Hall–Kier alpha value is -1.49. The van der Waals surface area contributed by atoms with Crippen LogP contribution in [-0.2, 0) is 0 Å². The smallest absolute Gasteiger partial charge is 0.254 e. The molecule has 0 bridgehead atoms. The lowest BCUT2D eigenvalue weighted by atomic mass is 9.88. The maximum absolute atomic E-state index is 13.3. The summed E-state index contributed by atoms with van der Waals surface area (Å²) < 4.78 is 26.3. The topological polar surface area (TPSA) is 23.6 Å². The molecule has 0 spiro atoms. The van der Waals surface area contributed by atoms with Crippen LogP contribution in [0, 0.1) is 11.6 Å². The summed E-state index contributed by atoms with van der Waals surface area (Å²) in [6, 6.07) is 3.72. The molecule has 1 saturated carbocycles. The van der Waals surface area contributed by atoms with E-state index in [1.807, 2.05) is 14.1 Å². The largest absolute Gasteiger partial charge is 0.337 e. The molecule has 1 aromatic rings. The molecule has 0 saturated heterocycles. The van der Waals surface area contributed by atoms with Crippen molar-refractivity contribution in [1.29, 1.82) is 0 Å². The highest BCUT2D eigenvalue weighted by Gasteiger charge is 2.32. The Morgan fingerprint density at radius 3 is 2.24 bits per heavy atom. The van der Waals surface area contributed by atoms with Crippen molar-refractivity contribution in [2.24, 2.45) is 0 Å². The normalized spacial score (nSPS) is 22.4. The number of carbonyl (C=O) groups is 1. The summed E-state index contributed by atoms with van der Waals surface area (Å²) in [4.78, 5) is 16.3. The molecule has 1 aliphatic rings. The van der Waals surface area contributed by atoms with Crippen molar-refractivity contribution < 1.29 is 13.6 Å². The highest BCUT2D eigenvalue weighted by molar-refractivity contribution is 5.94. The molecular formula is C16H22F2N2O. The molecular weight excluding hydrogens is 274 g/mol. The molecule has 0 N–H and O–H groups in total. The molecule has 1 aromatic carbocycles. The zero-order chi connectivity index (χ0) is 15.6. The Labute approximate surface area is 124 Å². The molecule has 0 aliphatic heterocycles. The lowest BCUT2D eigenvalue weighted by Gasteiger charge is -2.41. The van der Waals surface area contributed by atoms with Crippen molar-refractivity contribution in [3.05, 3.63) is 35.4 Å². The van der Waals surface area contributed by atoms with E-state index in [0.29, 0.717) is 6.04 Å². The summed E-state index contributed by atoms with van der Waals surface area (Å²) in [5.41, 5.74) is 0.194. The standard InChI is InChI=1S/C16H22F2N2O/c1-19(2)14-6-4-5-7-15(14)20(3)16(21)11-8-9-12(17)13(18)10-11/h8-10,14-15H,4-7H2,1-3H3. The molecule has 1 aliphatic carbocycles. The molecule has 5 heteroatoms. The van der Waals surface area contributed by atoms with E-state index in [0.717, 1.165) is 37.8 Å². The van der Waals surface area contributed by atoms with Gasteiger partial charge in [-0.15, -0.1) is 0 Å². The fourth-order valence-corrected chi connectivity index (χ4v) is 3.13. The predicted molar refractivity (Wildman–Crippen MR) is 78.2 cm³/mol. The third-order valence-corrected chi connectivity index (χ3v) is 4.34. The maximum Gasteiger partial charge on any atom is 0.254 e. The van der Waals surface area contributed by atoms with Crippen LogP contribution in [0.4, 0.5) is 8.78 Å². The second kappa shape index (κ2) is 6.52. The van der Waals surface area contributed by atoms with Gasteiger partial charge in [0.2, 0.25) is 0 Å². The Morgan fingerprint density at radius 1 is 1.05 bits per heavy atom. The Bertz CT molecular complexity index is 519. The molecule has 0 heterocycles. The highest BCUT2D eigenvalue weighted by Crippen LogP contribution is 2.26. The van der Waals surface area contributed by atoms with Gasteiger partial charge in [-0.25, -0.2) is 8.78 Å². The van der Waals surface area contributed by atoms with Crippen LogP contribution in [0.3, 0.4) is 0 Å². The third-order valence-electron chi connectivity index (χ3n) is 4.34. The van der Waals surface area contributed by atoms with Gasteiger partial charge in [-0.1, -0.05) is 12.8 Å². The van der Waals surface area contributed by atoms with E-state index in [9.17, 15) is 13.6 Å². The van der Waals surface area contributed by atoms with Crippen LogP contribution in [0.5, 0.6) is 0 Å². The molecule has 0 radical (unpaired) electrons. The summed E-state index contributed by atoms with van der Waals surface area (Å²) in [6.07, 6.45) is 4.23. The van der Waals surface area contributed by atoms with Gasteiger partial charge < -0.3 is 9.80 Å². The van der Waals surface area contributed by atoms with Gasteiger partial charge in [0.05, 0.1) is 0 Å². The molecule has 2 unspecified atom stereocenters. The minimum absolute atomic E-state index is 0.106. The summed E-state index contributed by atoms with van der Waals surface area (Å²) in [5.74, 6) is -2.17. The van der Waals surface area contributed by atoms with Crippen LogP contribution < -0.4 is 0 Å². The van der Waals surface area contributed by atoms with Gasteiger partial charge in [0.1, 0.15) is 0 Å². The summed E-state index contributed by atoms with van der Waals surface area (Å²) in [7, 11) is 5.77. The van der Waals surface area contributed by atoms with Crippen LogP contribution in [0.2, 0.25) is 0 Å². The van der Waals surface area contributed by atoms with Crippen molar-refractivity contribution in [1.82, 2.24) is 9.80 Å². The van der Waals surface area contributed by atoms with Crippen LogP contribution in [0.15, 0.2) is 18.2 Å². The number of hydrogen-bond acceptors (Lipinski definition) is 2. The van der Waals surface area contributed by atoms with Crippen molar-refractivity contribution in [3.8, 4) is 0 Å². The second-order valence-corrected chi connectivity index (χ2v) is 5.93. The zero-order valence-corrected chi connectivity index (χ0v) is 12.8. The number of benzene rings is 1. The van der Waals surface area contributed by atoms with E-state index < -0.39 is 11.6 Å². The van der Waals surface area contributed by atoms with Gasteiger partial charge in [-0.05, 0) is 45.1 Å². The van der Waals surface area contributed by atoms with Crippen LogP contribution in [0.25, 0.3) is 0 Å². The number of nitrogens with zero attached hydrogens (tertiary/aromatic N) is 2. The van der Waals surface area contributed by atoms with Crippen molar-refractivity contribution in [2.45, 2.75) is 37.8 Å². The van der Waals surface area contributed by atoms with Crippen molar-refractivity contribution in [3.63, 3.8) is 0 Å². The lowest BCUT2D eigenvalue weighted by Crippen LogP contribution is -2.51. The zero-order valence-electron chi connectivity index (χ0n) is 12.8. The molecule has 3 nitrogen and oxygen atoms in total. The highest BCUT2D eigenvalue weighted by atomic mass is 19.2.